The summed E-state index contributed by atoms with van der Waals surface area (Å²) < 4.78 is 27.0. The van der Waals surface area contributed by atoms with Crippen molar-refractivity contribution < 1.29 is 32.6 Å². The minimum absolute atomic E-state index is 0.142. The summed E-state index contributed by atoms with van der Waals surface area (Å²) in [5.74, 6) is 1.46. The van der Waals surface area contributed by atoms with Crippen LogP contribution >= 0.6 is 0 Å². The van der Waals surface area contributed by atoms with Gasteiger partial charge in [0.15, 0.2) is 17.3 Å². The lowest BCUT2D eigenvalue weighted by molar-refractivity contribution is -0.153. The molecule has 0 unspecified atom stereocenters. The van der Waals surface area contributed by atoms with Crippen molar-refractivity contribution in [3.63, 3.8) is 0 Å². The Bertz CT molecular complexity index is 1020. The van der Waals surface area contributed by atoms with Crippen molar-refractivity contribution in [1.29, 1.82) is 0 Å². The number of aryl methyl sites for hydroxylation is 2. The number of Topliss-reactive ketones (excluding diaryl/α,β-unsaturated/α-hetero) is 1. The minimum atomic E-state index is -0.776. The number of ether oxygens (including phenoxy) is 3. The van der Waals surface area contributed by atoms with Crippen LogP contribution in [0.15, 0.2) is 45.4 Å². The molecule has 31 heavy (non-hydrogen) atoms. The van der Waals surface area contributed by atoms with E-state index in [1.807, 2.05) is 25.1 Å². The molecular formula is C23H25NO7. The van der Waals surface area contributed by atoms with Gasteiger partial charge in [-0.15, -0.1) is 0 Å². The number of furan rings is 1. The lowest BCUT2D eigenvalue weighted by Crippen LogP contribution is -2.17. The minimum Gasteiger partial charge on any atom is -0.493 e. The molecule has 0 atom stereocenters. The maximum atomic E-state index is 11.7. The van der Waals surface area contributed by atoms with E-state index in [0.717, 1.165) is 5.56 Å². The summed E-state index contributed by atoms with van der Waals surface area (Å²) in [6.45, 7) is 3.89. The van der Waals surface area contributed by atoms with Crippen LogP contribution in [0.4, 0.5) is 0 Å². The molecule has 2 aromatic heterocycles. The largest absolute Gasteiger partial charge is 0.493 e. The van der Waals surface area contributed by atoms with Gasteiger partial charge in [-0.2, -0.15) is 0 Å². The summed E-state index contributed by atoms with van der Waals surface area (Å²) in [5, 5.41) is 0. The number of carbonyl (C=O) groups excluding carboxylic acids is 2. The van der Waals surface area contributed by atoms with Gasteiger partial charge in [0.25, 0.3) is 5.89 Å². The predicted octanol–water partition coefficient (Wildman–Crippen LogP) is 4.29. The Labute approximate surface area is 180 Å². The quantitative estimate of drug-likeness (QED) is 0.330. The fourth-order valence-corrected chi connectivity index (χ4v) is 2.97. The fourth-order valence-electron chi connectivity index (χ4n) is 2.97. The van der Waals surface area contributed by atoms with Crippen molar-refractivity contribution in [3.05, 3.63) is 53.6 Å². The zero-order valence-corrected chi connectivity index (χ0v) is 17.8. The molecular weight excluding hydrogens is 402 g/mol. The Morgan fingerprint density at radius 1 is 1.16 bits per heavy atom. The molecule has 3 aromatic rings. The summed E-state index contributed by atoms with van der Waals surface area (Å²) in [5.41, 5.74) is 1.63. The van der Waals surface area contributed by atoms with Crippen LogP contribution in [0.3, 0.4) is 0 Å². The van der Waals surface area contributed by atoms with Gasteiger partial charge in [0, 0.05) is 6.42 Å². The van der Waals surface area contributed by atoms with Crippen LogP contribution in [-0.2, 0) is 27.4 Å². The Hall–Kier alpha value is -3.55. The molecule has 8 nitrogen and oxygen atoms in total. The van der Waals surface area contributed by atoms with E-state index in [4.69, 9.17) is 23.0 Å². The molecule has 0 fully saturated rings. The van der Waals surface area contributed by atoms with Crippen LogP contribution in [0.2, 0.25) is 0 Å². The maximum absolute atomic E-state index is 11.7. The molecule has 0 amide bonds. The van der Waals surface area contributed by atoms with Crippen molar-refractivity contribution in [2.75, 3.05) is 13.7 Å². The third-order valence-corrected chi connectivity index (χ3v) is 4.59. The normalized spacial score (nSPS) is 10.7. The Balaban J connectivity index is 1.58. The van der Waals surface area contributed by atoms with Gasteiger partial charge in [0.05, 0.1) is 20.0 Å². The third kappa shape index (κ3) is 5.75. The number of ketones is 1. The summed E-state index contributed by atoms with van der Waals surface area (Å²) in [7, 11) is 1.56. The lowest BCUT2D eigenvalue weighted by atomic mass is 10.1. The summed E-state index contributed by atoms with van der Waals surface area (Å²) in [4.78, 5) is 27.5. The topological polar surface area (TPSA) is 101 Å². The fraction of sp³-hybridized carbons (Fsp3) is 0.348. The monoisotopic (exact) mass is 427 g/mol. The van der Waals surface area contributed by atoms with Gasteiger partial charge in [-0.3, -0.25) is 4.79 Å². The SMILES string of the molecule is CCOC(=O)C(=O)CCCc1ccc(OCc2nc(-c3ccco3)oc2C)c(OC)c1. The molecule has 3 rings (SSSR count). The van der Waals surface area contributed by atoms with Crippen molar-refractivity contribution in [3.8, 4) is 23.1 Å². The van der Waals surface area contributed by atoms with Crippen molar-refractivity contribution in [2.45, 2.75) is 39.7 Å². The average molecular weight is 427 g/mol. The number of methoxy groups -OCH3 is 1. The highest BCUT2D eigenvalue weighted by Crippen LogP contribution is 2.30. The molecule has 0 bridgehead atoms. The van der Waals surface area contributed by atoms with Crippen LogP contribution in [-0.4, -0.2) is 30.5 Å². The molecule has 0 N–H and O–H groups in total. The van der Waals surface area contributed by atoms with E-state index in [1.165, 1.54) is 0 Å². The molecule has 0 aliphatic carbocycles. The van der Waals surface area contributed by atoms with Crippen molar-refractivity contribution in [2.24, 2.45) is 0 Å². The first-order valence-corrected chi connectivity index (χ1v) is 10.0. The number of nitrogens with zero attached hydrogens (tertiary/aromatic N) is 1. The number of benzene rings is 1. The summed E-state index contributed by atoms with van der Waals surface area (Å²) in [6, 6.07) is 9.11. The molecule has 8 heteroatoms. The van der Waals surface area contributed by atoms with Gasteiger partial charge in [0.2, 0.25) is 5.78 Å². The Morgan fingerprint density at radius 2 is 2.00 bits per heavy atom. The van der Waals surface area contributed by atoms with Gasteiger partial charge >= 0.3 is 5.97 Å². The van der Waals surface area contributed by atoms with Gasteiger partial charge in [-0.05, 0) is 56.5 Å². The highest BCUT2D eigenvalue weighted by Gasteiger charge is 2.16. The van der Waals surface area contributed by atoms with E-state index < -0.39 is 11.8 Å². The molecule has 0 saturated heterocycles. The molecule has 0 saturated carbocycles. The first kappa shape index (κ1) is 22.1. The summed E-state index contributed by atoms with van der Waals surface area (Å²) in [6.07, 6.45) is 2.86. The van der Waals surface area contributed by atoms with Crippen LogP contribution in [0.5, 0.6) is 11.5 Å². The Kier molecular flexibility index (Phi) is 7.48. The van der Waals surface area contributed by atoms with Crippen molar-refractivity contribution in [1.82, 2.24) is 4.98 Å². The number of hydrogen-bond acceptors (Lipinski definition) is 8. The van der Waals surface area contributed by atoms with Crippen LogP contribution in [0, 0.1) is 6.92 Å². The van der Waals surface area contributed by atoms with Crippen molar-refractivity contribution >= 4 is 11.8 Å². The highest BCUT2D eigenvalue weighted by atomic mass is 16.5. The van der Waals surface area contributed by atoms with E-state index in [9.17, 15) is 9.59 Å². The molecule has 0 radical (unpaired) electrons. The number of aromatic nitrogens is 1. The standard InChI is InChI=1S/C23H25NO7/c1-4-28-23(26)18(25)8-5-7-16-10-11-19(21(13-16)27-3)30-14-17-15(2)31-22(24-17)20-9-6-12-29-20/h6,9-13H,4-5,7-8,14H2,1-3H3. The van der Waals surface area contributed by atoms with Crippen LogP contribution in [0.25, 0.3) is 11.7 Å². The molecule has 0 aliphatic heterocycles. The van der Waals surface area contributed by atoms with Gasteiger partial charge in [0.1, 0.15) is 18.1 Å². The second kappa shape index (κ2) is 10.5. The van der Waals surface area contributed by atoms with Gasteiger partial charge < -0.3 is 23.0 Å². The second-order valence-corrected chi connectivity index (χ2v) is 6.77. The summed E-state index contributed by atoms with van der Waals surface area (Å²) >= 11 is 0. The number of esters is 1. The number of carbonyl (C=O) groups is 2. The number of oxazole rings is 1. The first-order chi connectivity index (χ1) is 15.0. The van der Waals surface area contributed by atoms with E-state index in [2.05, 4.69) is 4.98 Å². The number of hydrogen-bond donors (Lipinski definition) is 0. The van der Waals surface area contributed by atoms with E-state index in [0.29, 0.717) is 47.4 Å². The van der Waals surface area contributed by atoms with E-state index in [1.54, 1.807) is 32.4 Å². The zero-order chi connectivity index (χ0) is 22.2. The smallest absolute Gasteiger partial charge is 0.374 e. The second-order valence-electron chi connectivity index (χ2n) is 6.77. The predicted molar refractivity (Wildman–Crippen MR) is 111 cm³/mol. The van der Waals surface area contributed by atoms with Gasteiger partial charge in [-0.25, -0.2) is 9.78 Å². The molecule has 1 aromatic carbocycles. The molecule has 0 spiro atoms. The third-order valence-electron chi connectivity index (χ3n) is 4.59. The van der Waals surface area contributed by atoms with E-state index >= 15 is 0 Å². The molecule has 0 aliphatic rings. The molecule has 2 heterocycles. The van der Waals surface area contributed by atoms with Crippen LogP contribution < -0.4 is 9.47 Å². The average Bonchev–Trinajstić information content (AvgIpc) is 3.42. The number of rotatable bonds is 11. The molecule has 164 valence electrons. The highest BCUT2D eigenvalue weighted by molar-refractivity contribution is 6.33. The van der Waals surface area contributed by atoms with Gasteiger partial charge in [-0.1, -0.05) is 6.07 Å². The first-order valence-electron chi connectivity index (χ1n) is 10.0. The Morgan fingerprint density at radius 3 is 2.71 bits per heavy atom. The lowest BCUT2D eigenvalue weighted by Gasteiger charge is -2.11. The van der Waals surface area contributed by atoms with E-state index in [-0.39, 0.29) is 19.6 Å². The zero-order valence-electron chi connectivity index (χ0n) is 17.8. The van der Waals surface area contributed by atoms with Crippen LogP contribution in [0.1, 0.15) is 36.8 Å². The maximum Gasteiger partial charge on any atom is 0.374 e.